The van der Waals surface area contributed by atoms with Crippen LogP contribution in [0.2, 0.25) is 5.02 Å². The Kier molecular flexibility index (Phi) is 5.48. The number of ether oxygens (including phenoxy) is 1. The smallest absolute Gasteiger partial charge is 0.340 e. The van der Waals surface area contributed by atoms with Crippen LogP contribution in [0.25, 0.3) is 5.69 Å². The van der Waals surface area contributed by atoms with Crippen LogP contribution in [-0.2, 0) is 14.8 Å². The fourth-order valence-electron chi connectivity index (χ4n) is 2.39. The molecule has 0 aliphatic heterocycles. The topological polar surface area (TPSA) is 107 Å². The van der Waals surface area contributed by atoms with Crippen LogP contribution in [0.15, 0.2) is 59.8 Å². The van der Waals surface area contributed by atoms with Crippen molar-refractivity contribution in [1.29, 1.82) is 0 Å². The van der Waals surface area contributed by atoms with Gasteiger partial charge in [-0.05, 0) is 42.5 Å². The van der Waals surface area contributed by atoms with Gasteiger partial charge in [0.25, 0.3) is 10.0 Å². The summed E-state index contributed by atoms with van der Waals surface area (Å²) >= 11 is 5.85. The molecule has 0 spiro atoms. The van der Waals surface area contributed by atoms with Crippen molar-refractivity contribution in [3.63, 3.8) is 0 Å². The summed E-state index contributed by atoms with van der Waals surface area (Å²) in [6, 6.07) is 10.6. The molecule has 0 unspecified atom stereocenters. The van der Waals surface area contributed by atoms with Crippen LogP contribution in [0.1, 0.15) is 20.7 Å². The second-order valence-corrected chi connectivity index (χ2v) is 7.74. The SMILES string of the molecule is COC(=O)c1cc(C=O)ccc1NS(=O)(=O)c1cnn(-c2ccc(Cl)cc2)c1. The first kappa shape index (κ1) is 19.6. The van der Waals surface area contributed by atoms with Crippen LogP contribution in [0.3, 0.4) is 0 Å². The number of carbonyl (C=O) groups is 2. The second kappa shape index (κ2) is 7.83. The number of hydrogen-bond donors (Lipinski definition) is 1. The van der Waals surface area contributed by atoms with Crippen molar-refractivity contribution in [2.24, 2.45) is 0 Å². The summed E-state index contributed by atoms with van der Waals surface area (Å²) in [5.74, 6) is -0.779. The van der Waals surface area contributed by atoms with Crippen molar-refractivity contribution < 1.29 is 22.7 Å². The lowest BCUT2D eigenvalue weighted by Gasteiger charge is -2.11. The molecule has 8 nitrogen and oxygen atoms in total. The molecule has 1 heterocycles. The van der Waals surface area contributed by atoms with Gasteiger partial charge in [0.1, 0.15) is 11.2 Å². The summed E-state index contributed by atoms with van der Waals surface area (Å²) in [4.78, 5) is 22.8. The van der Waals surface area contributed by atoms with E-state index in [0.29, 0.717) is 17.0 Å². The number of nitrogens with zero attached hydrogens (tertiary/aromatic N) is 2. The van der Waals surface area contributed by atoms with Gasteiger partial charge >= 0.3 is 5.97 Å². The molecule has 0 aliphatic carbocycles. The van der Waals surface area contributed by atoms with Gasteiger partial charge in [-0.2, -0.15) is 5.10 Å². The van der Waals surface area contributed by atoms with Gasteiger partial charge in [0.15, 0.2) is 0 Å². The lowest BCUT2D eigenvalue weighted by molar-refractivity contribution is 0.0602. The van der Waals surface area contributed by atoms with Gasteiger partial charge < -0.3 is 4.74 Å². The number of methoxy groups -OCH3 is 1. The Morgan fingerprint density at radius 2 is 1.93 bits per heavy atom. The maximum atomic E-state index is 12.7. The third-order valence-corrected chi connectivity index (χ3v) is 5.36. The predicted molar refractivity (Wildman–Crippen MR) is 103 cm³/mol. The average molecular weight is 420 g/mol. The first-order valence-electron chi connectivity index (χ1n) is 7.85. The van der Waals surface area contributed by atoms with E-state index >= 15 is 0 Å². The van der Waals surface area contributed by atoms with E-state index in [1.54, 1.807) is 24.3 Å². The molecule has 0 fully saturated rings. The number of sulfonamides is 1. The molecule has 0 atom stereocenters. The normalized spacial score (nSPS) is 11.1. The minimum absolute atomic E-state index is 0.0170. The zero-order valence-corrected chi connectivity index (χ0v) is 16.1. The number of halogens is 1. The number of rotatable bonds is 6. The van der Waals surface area contributed by atoms with Crippen LogP contribution >= 0.6 is 11.6 Å². The van der Waals surface area contributed by atoms with Gasteiger partial charge in [-0.3, -0.25) is 9.52 Å². The third-order valence-electron chi connectivity index (χ3n) is 3.79. The highest BCUT2D eigenvalue weighted by atomic mass is 35.5. The molecule has 0 aliphatic rings. The predicted octanol–water partition coefficient (Wildman–Crippen LogP) is 2.93. The number of benzene rings is 2. The van der Waals surface area contributed by atoms with E-state index in [9.17, 15) is 18.0 Å². The average Bonchev–Trinajstić information content (AvgIpc) is 3.19. The monoisotopic (exact) mass is 419 g/mol. The third kappa shape index (κ3) is 4.05. The summed E-state index contributed by atoms with van der Waals surface area (Å²) < 4.78 is 33.8. The molecule has 1 N–H and O–H groups in total. The lowest BCUT2D eigenvalue weighted by Crippen LogP contribution is -2.16. The van der Waals surface area contributed by atoms with Crippen molar-refractivity contribution in [1.82, 2.24) is 9.78 Å². The number of anilines is 1. The standard InChI is InChI=1S/C18H14ClN3O5S/c1-27-18(24)16-8-12(11-23)2-7-17(16)21-28(25,26)15-9-20-22(10-15)14-5-3-13(19)4-6-14/h2-11,21H,1H3. The molecule has 2 aromatic carbocycles. The molecular formula is C18H14ClN3O5S. The largest absolute Gasteiger partial charge is 0.465 e. The highest BCUT2D eigenvalue weighted by Crippen LogP contribution is 2.23. The number of carbonyl (C=O) groups excluding carboxylic acids is 2. The Morgan fingerprint density at radius 3 is 2.57 bits per heavy atom. The van der Waals surface area contributed by atoms with Gasteiger partial charge in [-0.15, -0.1) is 0 Å². The zero-order chi connectivity index (χ0) is 20.3. The second-order valence-electron chi connectivity index (χ2n) is 5.62. The van der Waals surface area contributed by atoms with Gasteiger partial charge in [0.2, 0.25) is 0 Å². The van der Waals surface area contributed by atoms with E-state index in [1.807, 2.05) is 0 Å². The van der Waals surface area contributed by atoms with Crippen LogP contribution < -0.4 is 4.72 Å². The molecule has 0 radical (unpaired) electrons. The van der Waals surface area contributed by atoms with Gasteiger partial charge in [-0.25, -0.2) is 17.9 Å². The highest BCUT2D eigenvalue weighted by molar-refractivity contribution is 7.92. The summed E-state index contributed by atoms with van der Waals surface area (Å²) in [5.41, 5.74) is 0.729. The molecule has 0 saturated carbocycles. The number of esters is 1. The molecule has 0 amide bonds. The molecule has 1 aromatic heterocycles. The molecule has 0 bridgehead atoms. The number of nitrogens with one attached hydrogen (secondary N) is 1. The molecular weight excluding hydrogens is 406 g/mol. The summed E-state index contributed by atoms with van der Waals surface area (Å²) in [6.45, 7) is 0. The van der Waals surface area contributed by atoms with Gasteiger partial charge in [-0.1, -0.05) is 11.6 Å². The van der Waals surface area contributed by atoms with Gasteiger partial charge in [0, 0.05) is 10.6 Å². The lowest BCUT2D eigenvalue weighted by atomic mass is 10.1. The Bertz CT molecular complexity index is 1140. The van der Waals surface area contributed by atoms with E-state index in [4.69, 9.17) is 11.6 Å². The van der Waals surface area contributed by atoms with Crippen molar-refractivity contribution in [2.45, 2.75) is 4.90 Å². The summed E-state index contributed by atoms with van der Waals surface area (Å²) in [5, 5.41) is 4.58. The van der Waals surface area contributed by atoms with Crippen LogP contribution in [-0.4, -0.2) is 37.6 Å². The maximum absolute atomic E-state index is 12.7. The van der Waals surface area contributed by atoms with Crippen LogP contribution in [0.4, 0.5) is 5.69 Å². The Balaban J connectivity index is 1.94. The van der Waals surface area contributed by atoms with Crippen LogP contribution in [0, 0.1) is 0 Å². The first-order chi connectivity index (χ1) is 13.3. The summed E-state index contributed by atoms with van der Waals surface area (Å²) in [7, 11) is -2.89. The maximum Gasteiger partial charge on any atom is 0.340 e. The molecule has 10 heteroatoms. The molecule has 3 rings (SSSR count). The molecule has 0 saturated heterocycles. The fraction of sp³-hybridized carbons (Fsp3) is 0.0556. The zero-order valence-electron chi connectivity index (χ0n) is 14.5. The minimum Gasteiger partial charge on any atom is -0.465 e. The van der Waals surface area contributed by atoms with Crippen LogP contribution in [0.5, 0.6) is 0 Å². The number of aldehydes is 1. The fourth-order valence-corrected chi connectivity index (χ4v) is 3.52. The summed E-state index contributed by atoms with van der Waals surface area (Å²) in [6.07, 6.45) is 3.04. The van der Waals surface area contributed by atoms with E-state index in [2.05, 4.69) is 14.6 Å². The van der Waals surface area contributed by atoms with E-state index in [1.165, 1.54) is 35.3 Å². The Labute approximate surface area is 165 Å². The molecule has 3 aromatic rings. The van der Waals surface area contributed by atoms with Gasteiger partial charge in [0.05, 0.1) is 36.4 Å². The van der Waals surface area contributed by atoms with Crippen molar-refractivity contribution >= 4 is 39.6 Å². The van der Waals surface area contributed by atoms with Crippen molar-refractivity contribution in [3.05, 3.63) is 71.0 Å². The Hall–Kier alpha value is -3.17. The quantitative estimate of drug-likeness (QED) is 0.486. The number of aromatic nitrogens is 2. The van der Waals surface area contributed by atoms with E-state index < -0.39 is 16.0 Å². The van der Waals surface area contributed by atoms with E-state index in [0.717, 1.165) is 7.11 Å². The Morgan fingerprint density at radius 1 is 1.21 bits per heavy atom. The highest BCUT2D eigenvalue weighted by Gasteiger charge is 2.21. The number of hydrogen-bond acceptors (Lipinski definition) is 6. The van der Waals surface area contributed by atoms with E-state index in [-0.39, 0.29) is 21.7 Å². The first-order valence-corrected chi connectivity index (χ1v) is 9.71. The molecule has 144 valence electrons. The van der Waals surface area contributed by atoms with Crippen molar-refractivity contribution in [2.75, 3.05) is 11.8 Å². The molecule has 28 heavy (non-hydrogen) atoms. The minimum atomic E-state index is -4.05. The van der Waals surface area contributed by atoms with Crippen molar-refractivity contribution in [3.8, 4) is 5.69 Å².